The predicted molar refractivity (Wildman–Crippen MR) is 73.4 cm³/mol. The Labute approximate surface area is 116 Å². The van der Waals surface area contributed by atoms with Gasteiger partial charge in [0.25, 0.3) is 5.91 Å². The second-order valence-electron chi connectivity index (χ2n) is 3.92. The van der Waals surface area contributed by atoms with Gasteiger partial charge in [0.2, 0.25) is 0 Å². The zero-order valence-corrected chi connectivity index (χ0v) is 11.1. The summed E-state index contributed by atoms with van der Waals surface area (Å²) in [6.07, 6.45) is 2.65. The maximum atomic E-state index is 12.0. The molecule has 0 radical (unpaired) electrons. The van der Waals surface area contributed by atoms with Crippen LogP contribution in [0.1, 0.15) is 10.4 Å². The van der Waals surface area contributed by atoms with E-state index in [1.807, 2.05) is 0 Å². The Balaban J connectivity index is 2.22. The summed E-state index contributed by atoms with van der Waals surface area (Å²) in [5.74, 6) is 0.462. The molecule has 104 valence electrons. The van der Waals surface area contributed by atoms with Gasteiger partial charge in [0, 0.05) is 18.0 Å². The van der Waals surface area contributed by atoms with Crippen molar-refractivity contribution < 1.29 is 19.4 Å². The van der Waals surface area contributed by atoms with Gasteiger partial charge in [0.15, 0.2) is 11.5 Å². The van der Waals surface area contributed by atoms with Crippen LogP contribution in [0.2, 0.25) is 0 Å². The summed E-state index contributed by atoms with van der Waals surface area (Å²) in [6.45, 7) is 0. The number of nitrogens with zero attached hydrogens (tertiary/aromatic N) is 1. The quantitative estimate of drug-likeness (QED) is 0.892. The van der Waals surface area contributed by atoms with E-state index in [0.717, 1.165) is 0 Å². The van der Waals surface area contributed by atoms with Gasteiger partial charge in [-0.25, -0.2) is 0 Å². The lowest BCUT2D eigenvalue weighted by molar-refractivity contribution is 0.102. The third kappa shape index (κ3) is 2.80. The standard InChI is InChI=1S/C14H14N2O4/c1-19-12-4-3-9(7-13(12)20-2)16-14(18)10-5-6-15-8-11(10)17/h3-8,17H,1-2H3,(H,16,18). The minimum absolute atomic E-state index is 0.148. The molecule has 6 heteroatoms. The van der Waals surface area contributed by atoms with Crippen LogP contribution in [-0.4, -0.2) is 30.2 Å². The van der Waals surface area contributed by atoms with Crippen LogP contribution in [0.25, 0.3) is 0 Å². The summed E-state index contributed by atoms with van der Waals surface area (Å²) >= 11 is 0. The summed E-state index contributed by atoms with van der Waals surface area (Å²) in [7, 11) is 3.04. The van der Waals surface area contributed by atoms with Crippen molar-refractivity contribution in [2.24, 2.45) is 0 Å². The lowest BCUT2D eigenvalue weighted by Crippen LogP contribution is -2.12. The average molecular weight is 274 g/mol. The van der Waals surface area contributed by atoms with Gasteiger partial charge >= 0.3 is 0 Å². The van der Waals surface area contributed by atoms with E-state index in [1.54, 1.807) is 18.2 Å². The minimum atomic E-state index is -0.433. The second-order valence-corrected chi connectivity index (χ2v) is 3.92. The van der Waals surface area contributed by atoms with E-state index in [9.17, 15) is 9.90 Å². The Bertz CT molecular complexity index is 628. The highest BCUT2D eigenvalue weighted by Gasteiger charge is 2.12. The van der Waals surface area contributed by atoms with E-state index in [1.165, 1.54) is 32.7 Å². The zero-order chi connectivity index (χ0) is 14.5. The molecule has 2 N–H and O–H groups in total. The van der Waals surface area contributed by atoms with Crippen molar-refractivity contribution in [3.8, 4) is 17.2 Å². The molecule has 1 amide bonds. The summed E-state index contributed by atoms with van der Waals surface area (Å²) in [4.78, 5) is 15.7. The molecule has 1 heterocycles. The molecule has 0 aliphatic carbocycles. The number of carbonyl (C=O) groups is 1. The topological polar surface area (TPSA) is 80.7 Å². The molecule has 0 spiro atoms. The summed E-state index contributed by atoms with van der Waals surface area (Å²) < 4.78 is 10.3. The summed E-state index contributed by atoms with van der Waals surface area (Å²) in [5.41, 5.74) is 0.679. The fraction of sp³-hybridized carbons (Fsp3) is 0.143. The second kappa shape index (κ2) is 5.92. The number of methoxy groups -OCH3 is 2. The molecule has 2 aromatic rings. The van der Waals surface area contributed by atoms with Crippen LogP contribution in [0.3, 0.4) is 0 Å². The third-order valence-electron chi connectivity index (χ3n) is 2.69. The normalized spacial score (nSPS) is 9.90. The Morgan fingerprint density at radius 1 is 1.20 bits per heavy atom. The Hall–Kier alpha value is -2.76. The largest absolute Gasteiger partial charge is 0.505 e. The number of ether oxygens (including phenoxy) is 2. The minimum Gasteiger partial charge on any atom is -0.505 e. The van der Waals surface area contributed by atoms with E-state index in [-0.39, 0.29) is 11.3 Å². The number of anilines is 1. The SMILES string of the molecule is COc1ccc(NC(=O)c2ccncc2O)cc1OC. The van der Waals surface area contributed by atoms with Crippen molar-refractivity contribution in [3.63, 3.8) is 0 Å². The molecule has 0 saturated carbocycles. The number of aromatic hydroxyl groups is 1. The van der Waals surface area contributed by atoms with E-state index < -0.39 is 5.91 Å². The highest BCUT2D eigenvalue weighted by Crippen LogP contribution is 2.30. The van der Waals surface area contributed by atoms with E-state index >= 15 is 0 Å². The number of pyridine rings is 1. The highest BCUT2D eigenvalue weighted by molar-refractivity contribution is 6.06. The average Bonchev–Trinajstić information content (AvgIpc) is 2.47. The van der Waals surface area contributed by atoms with Gasteiger partial charge in [-0.1, -0.05) is 0 Å². The summed E-state index contributed by atoms with van der Waals surface area (Å²) in [6, 6.07) is 6.43. The number of hydrogen-bond acceptors (Lipinski definition) is 5. The molecule has 1 aromatic carbocycles. The van der Waals surface area contributed by atoms with Gasteiger partial charge in [0.1, 0.15) is 5.75 Å². The maximum Gasteiger partial charge on any atom is 0.259 e. The first-order valence-corrected chi connectivity index (χ1v) is 5.82. The fourth-order valence-electron chi connectivity index (χ4n) is 1.69. The Morgan fingerprint density at radius 3 is 2.60 bits per heavy atom. The molecule has 0 bridgehead atoms. The number of benzene rings is 1. The third-order valence-corrected chi connectivity index (χ3v) is 2.69. The molecule has 20 heavy (non-hydrogen) atoms. The van der Waals surface area contributed by atoms with Crippen molar-refractivity contribution in [1.82, 2.24) is 4.98 Å². The monoisotopic (exact) mass is 274 g/mol. The van der Waals surface area contributed by atoms with E-state index in [0.29, 0.717) is 17.2 Å². The molecule has 0 aliphatic heterocycles. The molecular formula is C14H14N2O4. The molecule has 0 aliphatic rings. The van der Waals surface area contributed by atoms with Crippen molar-refractivity contribution in [2.75, 3.05) is 19.5 Å². The molecule has 0 saturated heterocycles. The highest BCUT2D eigenvalue weighted by atomic mass is 16.5. The number of aromatic nitrogens is 1. The first-order chi connectivity index (χ1) is 9.65. The molecule has 0 unspecified atom stereocenters. The molecule has 2 rings (SSSR count). The van der Waals surface area contributed by atoms with Gasteiger partial charge < -0.3 is 19.9 Å². The van der Waals surface area contributed by atoms with Gasteiger partial charge in [0.05, 0.1) is 26.0 Å². The van der Waals surface area contributed by atoms with Crippen LogP contribution in [-0.2, 0) is 0 Å². The zero-order valence-electron chi connectivity index (χ0n) is 11.1. The van der Waals surface area contributed by atoms with Crippen molar-refractivity contribution in [2.45, 2.75) is 0 Å². The fourth-order valence-corrected chi connectivity index (χ4v) is 1.69. The maximum absolute atomic E-state index is 12.0. The Kier molecular flexibility index (Phi) is 4.05. The number of hydrogen-bond donors (Lipinski definition) is 2. The molecule has 0 fully saturated rings. The molecule has 0 atom stereocenters. The van der Waals surface area contributed by atoms with Crippen LogP contribution < -0.4 is 14.8 Å². The van der Waals surface area contributed by atoms with Gasteiger partial charge in [-0.05, 0) is 18.2 Å². The predicted octanol–water partition coefficient (Wildman–Crippen LogP) is 2.06. The first kappa shape index (κ1) is 13.7. The van der Waals surface area contributed by atoms with Gasteiger partial charge in [-0.15, -0.1) is 0 Å². The molecule has 1 aromatic heterocycles. The first-order valence-electron chi connectivity index (χ1n) is 5.82. The number of amides is 1. The molecular weight excluding hydrogens is 260 g/mol. The molecule has 6 nitrogen and oxygen atoms in total. The number of nitrogens with one attached hydrogen (secondary N) is 1. The lowest BCUT2D eigenvalue weighted by Gasteiger charge is -2.11. The van der Waals surface area contributed by atoms with Crippen molar-refractivity contribution in [1.29, 1.82) is 0 Å². The van der Waals surface area contributed by atoms with Crippen LogP contribution in [0.4, 0.5) is 5.69 Å². The van der Waals surface area contributed by atoms with Crippen LogP contribution in [0.5, 0.6) is 17.2 Å². The van der Waals surface area contributed by atoms with Crippen LogP contribution >= 0.6 is 0 Å². The smallest absolute Gasteiger partial charge is 0.259 e. The lowest BCUT2D eigenvalue weighted by atomic mass is 10.2. The van der Waals surface area contributed by atoms with Crippen molar-refractivity contribution in [3.05, 3.63) is 42.2 Å². The number of carbonyl (C=O) groups excluding carboxylic acids is 1. The number of rotatable bonds is 4. The Morgan fingerprint density at radius 2 is 1.95 bits per heavy atom. The van der Waals surface area contributed by atoms with Gasteiger partial charge in [-0.3, -0.25) is 9.78 Å². The van der Waals surface area contributed by atoms with E-state index in [2.05, 4.69) is 10.3 Å². The van der Waals surface area contributed by atoms with Crippen LogP contribution in [0, 0.1) is 0 Å². The van der Waals surface area contributed by atoms with Crippen molar-refractivity contribution >= 4 is 11.6 Å². The summed E-state index contributed by atoms with van der Waals surface area (Å²) in [5, 5.41) is 12.2. The van der Waals surface area contributed by atoms with Crippen LogP contribution in [0.15, 0.2) is 36.7 Å². The van der Waals surface area contributed by atoms with E-state index in [4.69, 9.17) is 9.47 Å². The van der Waals surface area contributed by atoms with Gasteiger partial charge in [-0.2, -0.15) is 0 Å².